The number of sulfonamides is 1. The standard InChI is InChI=1S/C15H16N2O5S/c1-2-5-17-13-4-3-11(10-12(13)14(18)15(17)19)23(20,21)16-6-8-22-9-7-16/h2-4,10H,1,5-9H2. The number of rotatable bonds is 4. The Hall–Kier alpha value is -2.03. The number of benzene rings is 1. The van der Waals surface area contributed by atoms with Crippen LogP contribution in [0.25, 0.3) is 0 Å². The van der Waals surface area contributed by atoms with Crippen LogP contribution in [0.5, 0.6) is 0 Å². The number of nitrogens with zero attached hydrogens (tertiary/aromatic N) is 2. The summed E-state index contributed by atoms with van der Waals surface area (Å²) in [5.74, 6) is -1.36. The monoisotopic (exact) mass is 336 g/mol. The normalized spacial score (nSPS) is 19.0. The van der Waals surface area contributed by atoms with Crippen LogP contribution >= 0.6 is 0 Å². The van der Waals surface area contributed by atoms with Crippen molar-refractivity contribution in [2.75, 3.05) is 37.7 Å². The van der Waals surface area contributed by atoms with E-state index in [1.165, 1.54) is 33.5 Å². The molecule has 0 N–H and O–H groups in total. The molecule has 1 fully saturated rings. The number of hydrogen-bond acceptors (Lipinski definition) is 5. The molecule has 1 amide bonds. The molecule has 8 heteroatoms. The first kappa shape index (κ1) is 15.9. The number of Topliss-reactive ketones (excluding diaryl/α,β-unsaturated/α-hetero) is 1. The summed E-state index contributed by atoms with van der Waals surface area (Å²) in [5, 5.41) is 0. The average molecular weight is 336 g/mol. The van der Waals surface area contributed by atoms with Crippen LogP contribution in [-0.2, 0) is 19.6 Å². The van der Waals surface area contributed by atoms with Crippen LogP contribution in [0.15, 0.2) is 35.7 Å². The molecular formula is C15H16N2O5S. The molecule has 23 heavy (non-hydrogen) atoms. The molecule has 0 atom stereocenters. The number of carbonyl (C=O) groups is 2. The second-order valence-electron chi connectivity index (χ2n) is 5.23. The average Bonchev–Trinajstić information content (AvgIpc) is 2.81. The second kappa shape index (κ2) is 5.88. The lowest BCUT2D eigenvalue weighted by Crippen LogP contribution is -2.40. The Labute approximate surface area is 134 Å². The molecule has 1 saturated heterocycles. The number of ether oxygens (including phenoxy) is 1. The zero-order valence-electron chi connectivity index (χ0n) is 12.4. The molecular weight excluding hydrogens is 320 g/mol. The van der Waals surface area contributed by atoms with Crippen molar-refractivity contribution in [2.24, 2.45) is 0 Å². The minimum atomic E-state index is -3.70. The SMILES string of the molecule is C=CCN1C(=O)C(=O)c2cc(S(=O)(=O)N3CCOCC3)ccc21. The topological polar surface area (TPSA) is 84.0 Å². The third kappa shape index (κ3) is 2.58. The molecule has 0 aromatic heterocycles. The molecule has 0 unspecified atom stereocenters. The van der Waals surface area contributed by atoms with Gasteiger partial charge in [-0.1, -0.05) is 6.08 Å². The zero-order valence-corrected chi connectivity index (χ0v) is 13.2. The number of fused-ring (bicyclic) bond motifs is 1. The molecule has 122 valence electrons. The van der Waals surface area contributed by atoms with Crippen LogP contribution in [0.1, 0.15) is 10.4 Å². The van der Waals surface area contributed by atoms with Gasteiger partial charge >= 0.3 is 0 Å². The number of amides is 1. The molecule has 1 aromatic carbocycles. The first-order valence-corrected chi connectivity index (χ1v) is 8.60. The quantitative estimate of drug-likeness (QED) is 0.588. The highest BCUT2D eigenvalue weighted by Crippen LogP contribution is 2.31. The first-order valence-electron chi connectivity index (χ1n) is 7.16. The van der Waals surface area contributed by atoms with E-state index in [1.807, 2.05) is 0 Å². The molecule has 1 aromatic rings. The van der Waals surface area contributed by atoms with Crippen molar-refractivity contribution in [1.29, 1.82) is 0 Å². The third-order valence-electron chi connectivity index (χ3n) is 3.86. The predicted molar refractivity (Wildman–Crippen MR) is 82.9 cm³/mol. The largest absolute Gasteiger partial charge is 0.379 e. The molecule has 3 rings (SSSR count). The van der Waals surface area contributed by atoms with E-state index in [1.54, 1.807) is 0 Å². The Bertz CT molecular complexity index is 781. The molecule has 0 bridgehead atoms. The maximum atomic E-state index is 12.6. The molecule has 0 aliphatic carbocycles. The van der Waals surface area contributed by atoms with E-state index in [2.05, 4.69) is 6.58 Å². The van der Waals surface area contributed by atoms with Crippen molar-refractivity contribution >= 4 is 27.4 Å². The van der Waals surface area contributed by atoms with E-state index in [0.29, 0.717) is 18.9 Å². The number of carbonyl (C=O) groups excluding carboxylic acids is 2. The fourth-order valence-electron chi connectivity index (χ4n) is 2.69. The molecule has 2 aliphatic heterocycles. The van der Waals surface area contributed by atoms with E-state index in [-0.39, 0.29) is 30.1 Å². The number of ketones is 1. The van der Waals surface area contributed by atoms with E-state index in [9.17, 15) is 18.0 Å². The van der Waals surface area contributed by atoms with E-state index in [4.69, 9.17) is 4.74 Å². The summed E-state index contributed by atoms with van der Waals surface area (Å²) < 4.78 is 31.7. The Morgan fingerprint density at radius 1 is 1.22 bits per heavy atom. The van der Waals surface area contributed by atoms with Gasteiger partial charge in [-0.05, 0) is 18.2 Å². The van der Waals surface area contributed by atoms with Crippen LogP contribution in [0.2, 0.25) is 0 Å². The summed E-state index contributed by atoms with van der Waals surface area (Å²) in [4.78, 5) is 25.4. The second-order valence-corrected chi connectivity index (χ2v) is 7.17. The van der Waals surface area contributed by atoms with Gasteiger partial charge in [-0.3, -0.25) is 9.59 Å². The summed E-state index contributed by atoms with van der Waals surface area (Å²) in [5.41, 5.74) is 0.534. The highest BCUT2D eigenvalue weighted by molar-refractivity contribution is 7.89. The van der Waals surface area contributed by atoms with Crippen LogP contribution in [0, 0.1) is 0 Å². The minimum absolute atomic E-state index is 0.0137. The summed E-state index contributed by atoms with van der Waals surface area (Å²) in [7, 11) is -3.70. The number of hydrogen-bond donors (Lipinski definition) is 0. The van der Waals surface area contributed by atoms with Gasteiger partial charge in [0, 0.05) is 19.6 Å². The summed E-state index contributed by atoms with van der Waals surface area (Å²) in [6.07, 6.45) is 1.51. The van der Waals surface area contributed by atoms with Gasteiger partial charge in [0.05, 0.1) is 29.4 Å². The Morgan fingerprint density at radius 3 is 2.57 bits per heavy atom. The van der Waals surface area contributed by atoms with Crippen LogP contribution in [0.4, 0.5) is 5.69 Å². The molecule has 2 aliphatic rings. The van der Waals surface area contributed by atoms with Crippen molar-refractivity contribution < 1.29 is 22.7 Å². The van der Waals surface area contributed by atoms with Gasteiger partial charge in [0.2, 0.25) is 10.0 Å². The van der Waals surface area contributed by atoms with Crippen LogP contribution < -0.4 is 4.90 Å². The van der Waals surface area contributed by atoms with Gasteiger partial charge in [-0.15, -0.1) is 6.58 Å². The predicted octanol–water partition coefficient (Wildman–Crippen LogP) is 0.423. The highest BCUT2D eigenvalue weighted by atomic mass is 32.2. The molecule has 7 nitrogen and oxygen atoms in total. The fraction of sp³-hybridized carbons (Fsp3) is 0.333. The fourth-order valence-corrected chi connectivity index (χ4v) is 4.12. The lowest BCUT2D eigenvalue weighted by molar-refractivity contribution is -0.114. The molecule has 2 heterocycles. The maximum absolute atomic E-state index is 12.6. The lowest BCUT2D eigenvalue weighted by Gasteiger charge is -2.26. The summed E-state index contributed by atoms with van der Waals surface area (Å²) in [6.45, 7) is 4.99. The smallest absolute Gasteiger partial charge is 0.299 e. The number of morpholine rings is 1. The Balaban J connectivity index is 2.00. The third-order valence-corrected chi connectivity index (χ3v) is 5.76. The van der Waals surface area contributed by atoms with Gasteiger partial charge in [0.15, 0.2) is 0 Å². The van der Waals surface area contributed by atoms with Crippen LogP contribution in [-0.4, -0.2) is 57.3 Å². The van der Waals surface area contributed by atoms with Crippen molar-refractivity contribution in [3.8, 4) is 0 Å². The maximum Gasteiger partial charge on any atom is 0.299 e. The van der Waals surface area contributed by atoms with Gasteiger partial charge < -0.3 is 9.64 Å². The van der Waals surface area contributed by atoms with Crippen LogP contribution in [0.3, 0.4) is 0 Å². The molecule has 0 radical (unpaired) electrons. The van der Waals surface area contributed by atoms with E-state index >= 15 is 0 Å². The van der Waals surface area contributed by atoms with Gasteiger partial charge in [-0.2, -0.15) is 4.31 Å². The lowest BCUT2D eigenvalue weighted by atomic mass is 10.1. The van der Waals surface area contributed by atoms with Gasteiger partial charge in [-0.25, -0.2) is 8.42 Å². The van der Waals surface area contributed by atoms with E-state index < -0.39 is 21.7 Å². The van der Waals surface area contributed by atoms with Gasteiger partial charge in [0.1, 0.15) is 0 Å². The van der Waals surface area contributed by atoms with Crippen molar-refractivity contribution in [1.82, 2.24) is 4.31 Å². The summed E-state index contributed by atoms with van der Waals surface area (Å²) >= 11 is 0. The molecule has 0 spiro atoms. The highest BCUT2D eigenvalue weighted by Gasteiger charge is 2.37. The van der Waals surface area contributed by atoms with Crippen molar-refractivity contribution in [2.45, 2.75) is 4.90 Å². The minimum Gasteiger partial charge on any atom is -0.379 e. The van der Waals surface area contributed by atoms with Crippen molar-refractivity contribution in [3.63, 3.8) is 0 Å². The van der Waals surface area contributed by atoms with E-state index in [0.717, 1.165) is 0 Å². The molecule has 0 saturated carbocycles. The first-order chi connectivity index (χ1) is 11.0. The summed E-state index contributed by atoms with van der Waals surface area (Å²) in [6, 6.07) is 4.20. The zero-order chi connectivity index (χ0) is 16.6. The Morgan fingerprint density at radius 2 is 1.91 bits per heavy atom. The number of anilines is 1. The van der Waals surface area contributed by atoms with Crippen molar-refractivity contribution in [3.05, 3.63) is 36.4 Å². The Kier molecular flexibility index (Phi) is 4.05. The van der Waals surface area contributed by atoms with Gasteiger partial charge in [0.25, 0.3) is 11.7 Å².